The van der Waals surface area contributed by atoms with E-state index in [4.69, 9.17) is 4.74 Å². The summed E-state index contributed by atoms with van der Waals surface area (Å²) in [5, 5.41) is 9.86. The number of aliphatic hydroxyl groups is 1. The molecule has 0 aromatic heterocycles. The third-order valence-corrected chi connectivity index (χ3v) is 3.38. The summed E-state index contributed by atoms with van der Waals surface area (Å²) in [5.74, 6) is 0.417. The summed E-state index contributed by atoms with van der Waals surface area (Å²) >= 11 is 0. The molecule has 2 nitrogen and oxygen atoms in total. The SMILES string of the molecule is Cc1ccc(F)c(OC2CC(C)CCC2O)c1. The molecule has 1 fully saturated rings. The van der Waals surface area contributed by atoms with Crippen molar-refractivity contribution in [2.24, 2.45) is 5.92 Å². The van der Waals surface area contributed by atoms with Gasteiger partial charge in [0.15, 0.2) is 11.6 Å². The van der Waals surface area contributed by atoms with Crippen LogP contribution in [0, 0.1) is 18.7 Å². The van der Waals surface area contributed by atoms with E-state index in [-0.39, 0.29) is 17.7 Å². The van der Waals surface area contributed by atoms with Gasteiger partial charge < -0.3 is 9.84 Å². The monoisotopic (exact) mass is 238 g/mol. The van der Waals surface area contributed by atoms with Gasteiger partial charge in [0, 0.05) is 0 Å². The van der Waals surface area contributed by atoms with Gasteiger partial charge in [-0.1, -0.05) is 13.0 Å². The molecule has 1 aromatic carbocycles. The third-order valence-electron chi connectivity index (χ3n) is 3.38. The number of benzene rings is 1. The van der Waals surface area contributed by atoms with Crippen molar-refractivity contribution < 1.29 is 14.2 Å². The summed E-state index contributed by atoms with van der Waals surface area (Å²) < 4.78 is 19.2. The molecule has 0 radical (unpaired) electrons. The van der Waals surface area contributed by atoms with Crippen molar-refractivity contribution in [1.29, 1.82) is 0 Å². The highest BCUT2D eigenvalue weighted by Crippen LogP contribution is 2.29. The van der Waals surface area contributed by atoms with Crippen LogP contribution in [0.1, 0.15) is 31.7 Å². The zero-order valence-electron chi connectivity index (χ0n) is 10.3. The second-order valence-electron chi connectivity index (χ2n) is 5.08. The lowest BCUT2D eigenvalue weighted by Gasteiger charge is -2.32. The van der Waals surface area contributed by atoms with Crippen LogP contribution in [0.25, 0.3) is 0 Å². The lowest BCUT2D eigenvalue weighted by Crippen LogP contribution is -2.37. The molecule has 3 heteroatoms. The molecule has 3 atom stereocenters. The Morgan fingerprint density at radius 2 is 2.12 bits per heavy atom. The van der Waals surface area contributed by atoms with Crippen molar-refractivity contribution in [3.63, 3.8) is 0 Å². The van der Waals surface area contributed by atoms with E-state index in [0.717, 1.165) is 24.8 Å². The van der Waals surface area contributed by atoms with Crippen LogP contribution < -0.4 is 4.74 Å². The highest BCUT2D eigenvalue weighted by atomic mass is 19.1. The average molecular weight is 238 g/mol. The molecule has 0 amide bonds. The Balaban J connectivity index is 2.11. The number of rotatable bonds is 2. The van der Waals surface area contributed by atoms with Crippen LogP contribution in [0.4, 0.5) is 4.39 Å². The van der Waals surface area contributed by atoms with Gasteiger partial charge in [0.05, 0.1) is 6.10 Å². The fourth-order valence-electron chi connectivity index (χ4n) is 2.30. The molecule has 0 aliphatic heterocycles. The Morgan fingerprint density at radius 3 is 2.88 bits per heavy atom. The number of hydrogen-bond donors (Lipinski definition) is 1. The molecule has 0 heterocycles. The lowest BCUT2D eigenvalue weighted by molar-refractivity contribution is -0.00932. The van der Waals surface area contributed by atoms with Gasteiger partial charge >= 0.3 is 0 Å². The molecule has 0 bridgehead atoms. The Labute approximate surface area is 101 Å². The van der Waals surface area contributed by atoms with E-state index in [2.05, 4.69) is 6.92 Å². The zero-order chi connectivity index (χ0) is 12.4. The summed E-state index contributed by atoms with van der Waals surface area (Å²) in [6.07, 6.45) is 1.77. The molecular formula is C14H19FO2. The van der Waals surface area contributed by atoms with E-state index in [1.807, 2.05) is 6.92 Å². The van der Waals surface area contributed by atoms with Gasteiger partial charge in [-0.25, -0.2) is 4.39 Å². The molecule has 0 saturated heterocycles. The Morgan fingerprint density at radius 1 is 1.35 bits per heavy atom. The average Bonchev–Trinajstić information content (AvgIpc) is 2.28. The molecule has 1 aromatic rings. The molecule has 94 valence electrons. The maximum Gasteiger partial charge on any atom is 0.165 e. The zero-order valence-corrected chi connectivity index (χ0v) is 10.3. The van der Waals surface area contributed by atoms with E-state index in [9.17, 15) is 9.50 Å². The standard InChI is InChI=1S/C14H19FO2/c1-9-3-5-11(15)13(7-9)17-14-8-10(2)4-6-12(14)16/h3,5,7,10,12,14,16H,4,6,8H2,1-2H3. The molecule has 1 aliphatic rings. The van der Waals surface area contributed by atoms with E-state index >= 15 is 0 Å². The van der Waals surface area contributed by atoms with Gasteiger partial charge in [-0.2, -0.15) is 0 Å². The normalized spacial score (nSPS) is 29.1. The predicted octanol–water partition coefficient (Wildman–Crippen LogP) is 3.06. The van der Waals surface area contributed by atoms with Gasteiger partial charge in [0.2, 0.25) is 0 Å². The van der Waals surface area contributed by atoms with Gasteiger partial charge in [-0.05, 0) is 49.8 Å². The second-order valence-corrected chi connectivity index (χ2v) is 5.08. The maximum atomic E-state index is 13.5. The summed E-state index contributed by atoms with van der Waals surface area (Å²) in [4.78, 5) is 0. The molecule has 17 heavy (non-hydrogen) atoms. The minimum Gasteiger partial charge on any atom is -0.485 e. The van der Waals surface area contributed by atoms with Crippen LogP contribution in [0.2, 0.25) is 0 Å². The van der Waals surface area contributed by atoms with Crippen molar-refractivity contribution >= 4 is 0 Å². The van der Waals surface area contributed by atoms with E-state index in [1.165, 1.54) is 6.07 Å². The van der Waals surface area contributed by atoms with Crippen molar-refractivity contribution in [1.82, 2.24) is 0 Å². The summed E-state index contributed by atoms with van der Waals surface area (Å²) in [6, 6.07) is 4.80. The molecular weight excluding hydrogens is 219 g/mol. The maximum absolute atomic E-state index is 13.5. The minimum atomic E-state index is -0.480. The van der Waals surface area contributed by atoms with Gasteiger partial charge in [0.1, 0.15) is 6.10 Å². The fourth-order valence-corrected chi connectivity index (χ4v) is 2.30. The largest absolute Gasteiger partial charge is 0.485 e. The highest BCUT2D eigenvalue weighted by Gasteiger charge is 2.29. The molecule has 1 saturated carbocycles. The van der Waals surface area contributed by atoms with E-state index < -0.39 is 6.10 Å². The summed E-state index contributed by atoms with van der Waals surface area (Å²) in [7, 11) is 0. The summed E-state index contributed by atoms with van der Waals surface area (Å²) in [5.41, 5.74) is 0.958. The van der Waals surface area contributed by atoms with Crippen LogP contribution in [-0.4, -0.2) is 17.3 Å². The van der Waals surface area contributed by atoms with Crippen molar-refractivity contribution in [2.75, 3.05) is 0 Å². The van der Waals surface area contributed by atoms with Crippen LogP contribution in [0.15, 0.2) is 18.2 Å². The van der Waals surface area contributed by atoms with Crippen molar-refractivity contribution in [3.05, 3.63) is 29.6 Å². The van der Waals surface area contributed by atoms with Crippen LogP contribution in [0.3, 0.4) is 0 Å². The quantitative estimate of drug-likeness (QED) is 0.858. The first-order valence-electron chi connectivity index (χ1n) is 6.17. The van der Waals surface area contributed by atoms with Gasteiger partial charge in [-0.15, -0.1) is 0 Å². The third kappa shape index (κ3) is 2.97. The van der Waals surface area contributed by atoms with Gasteiger partial charge in [-0.3, -0.25) is 0 Å². The van der Waals surface area contributed by atoms with Crippen LogP contribution in [0.5, 0.6) is 5.75 Å². The number of halogens is 1. The summed E-state index contributed by atoms with van der Waals surface area (Å²) in [6.45, 7) is 4.03. The Bertz CT molecular complexity index is 392. The number of aliphatic hydroxyl groups excluding tert-OH is 1. The van der Waals surface area contributed by atoms with E-state index in [1.54, 1.807) is 12.1 Å². The minimum absolute atomic E-state index is 0.253. The lowest BCUT2D eigenvalue weighted by atomic mass is 9.86. The van der Waals surface area contributed by atoms with Crippen molar-refractivity contribution in [3.8, 4) is 5.75 Å². The first kappa shape index (κ1) is 12.4. The van der Waals surface area contributed by atoms with Crippen molar-refractivity contribution in [2.45, 2.75) is 45.3 Å². The first-order chi connectivity index (χ1) is 8.06. The molecule has 2 rings (SSSR count). The smallest absolute Gasteiger partial charge is 0.165 e. The topological polar surface area (TPSA) is 29.5 Å². The van der Waals surface area contributed by atoms with Crippen LogP contribution >= 0.6 is 0 Å². The highest BCUT2D eigenvalue weighted by molar-refractivity contribution is 5.29. The Hall–Kier alpha value is -1.09. The van der Waals surface area contributed by atoms with Crippen LogP contribution in [-0.2, 0) is 0 Å². The number of hydrogen-bond acceptors (Lipinski definition) is 2. The Kier molecular flexibility index (Phi) is 3.67. The molecule has 0 spiro atoms. The predicted molar refractivity (Wildman–Crippen MR) is 64.6 cm³/mol. The first-order valence-corrected chi connectivity index (χ1v) is 6.17. The molecule has 3 unspecified atom stereocenters. The fraction of sp³-hybridized carbons (Fsp3) is 0.571. The molecule has 1 N–H and O–H groups in total. The van der Waals surface area contributed by atoms with E-state index in [0.29, 0.717) is 5.92 Å². The second kappa shape index (κ2) is 5.05. The number of aryl methyl sites for hydroxylation is 1. The molecule has 1 aliphatic carbocycles. The number of ether oxygens (including phenoxy) is 1. The van der Waals surface area contributed by atoms with Gasteiger partial charge in [0.25, 0.3) is 0 Å².